The van der Waals surface area contributed by atoms with Crippen LogP contribution in [-0.4, -0.2) is 30.5 Å². The molecule has 2 heterocycles. The molecule has 1 N–H and O–H groups in total. The quantitative estimate of drug-likeness (QED) is 0.626. The molecule has 0 bridgehead atoms. The lowest BCUT2D eigenvalue weighted by molar-refractivity contribution is 0.397. The standard InChI is InChI=1S/C21H24N4O3S/c1-5-14(2)18-19(17(11-12-22-18)16-9-7-6-8-10-16)29(26,27)25-20-21(28-4)24-15(3)13-23-20/h6-14H,5H2,1-4H3,(H,23,25). The molecule has 1 atom stereocenters. The first kappa shape index (κ1) is 20.7. The number of benzene rings is 1. The second-order valence-electron chi connectivity index (χ2n) is 6.72. The Morgan fingerprint density at radius 2 is 1.86 bits per heavy atom. The Balaban J connectivity index is 2.20. The van der Waals surface area contributed by atoms with E-state index in [1.807, 2.05) is 44.2 Å². The summed E-state index contributed by atoms with van der Waals surface area (Å²) in [4.78, 5) is 12.9. The molecule has 152 valence electrons. The van der Waals surface area contributed by atoms with Gasteiger partial charge >= 0.3 is 0 Å². The molecule has 2 aromatic heterocycles. The smallest absolute Gasteiger partial charge is 0.265 e. The van der Waals surface area contributed by atoms with E-state index in [0.29, 0.717) is 17.0 Å². The van der Waals surface area contributed by atoms with Crippen LogP contribution in [0.4, 0.5) is 5.82 Å². The molecular formula is C21H24N4O3S. The zero-order valence-electron chi connectivity index (χ0n) is 16.9. The second-order valence-corrected chi connectivity index (χ2v) is 8.34. The van der Waals surface area contributed by atoms with Gasteiger partial charge in [-0.15, -0.1) is 0 Å². The van der Waals surface area contributed by atoms with Crippen LogP contribution in [0.1, 0.15) is 37.6 Å². The number of methoxy groups -OCH3 is 1. The van der Waals surface area contributed by atoms with Crippen LogP contribution in [0.3, 0.4) is 0 Å². The van der Waals surface area contributed by atoms with Gasteiger partial charge in [0.25, 0.3) is 15.9 Å². The molecule has 0 fully saturated rings. The number of aryl methyl sites for hydroxylation is 1. The molecule has 3 aromatic rings. The number of nitrogens with zero attached hydrogens (tertiary/aromatic N) is 3. The van der Waals surface area contributed by atoms with Crippen molar-refractivity contribution in [1.82, 2.24) is 15.0 Å². The van der Waals surface area contributed by atoms with Gasteiger partial charge in [0.15, 0.2) is 0 Å². The van der Waals surface area contributed by atoms with Gasteiger partial charge in [-0.05, 0) is 30.9 Å². The van der Waals surface area contributed by atoms with E-state index >= 15 is 0 Å². The van der Waals surface area contributed by atoms with Crippen molar-refractivity contribution < 1.29 is 13.2 Å². The zero-order valence-corrected chi connectivity index (χ0v) is 17.7. The first-order valence-corrected chi connectivity index (χ1v) is 10.8. The van der Waals surface area contributed by atoms with Crippen LogP contribution in [0.25, 0.3) is 11.1 Å². The molecule has 0 saturated carbocycles. The van der Waals surface area contributed by atoms with E-state index in [-0.39, 0.29) is 22.5 Å². The second kappa shape index (κ2) is 8.57. The molecule has 0 spiro atoms. The Morgan fingerprint density at radius 3 is 2.52 bits per heavy atom. The average Bonchev–Trinajstić information content (AvgIpc) is 2.74. The number of rotatable bonds is 7. The van der Waals surface area contributed by atoms with Crippen molar-refractivity contribution in [3.63, 3.8) is 0 Å². The van der Waals surface area contributed by atoms with E-state index in [4.69, 9.17) is 4.74 Å². The molecule has 1 unspecified atom stereocenters. The molecular weight excluding hydrogens is 388 g/mol. The highest BCUT2D eigenvalue weighted by Crippen LogP contribution is 2.35. The number of nitrogens with one attached hydrogen (secondary N) is 1. The van der Waals surface area contributed by atoms with Gasteiger partial charge in [0.05, 0.1) is 24.7 Å². The highest BCUT2D eigenvalue weighted by Gasteiger charge is 2.28. The Hall–Kier alpha value is -3.00. The first-order valence-electron chi connectivity index (χ1n) is 9.32. The summed E-state index contributed by atoms with van der Waals surface area (Å²) in [5, 5.41) is 0. The van der Waals surface area contributed by atoms with Crippen LogP contribution in [-0.2, 0) is 10.0 Å². The Morgan fingerprint density at radius 1 is 1.14 bits per heavy atom. The van der Waals surface area contributed by atoms with Crippen LogP contribution < -0.4 is 9.46 Å². The van der Waals surface area contributed by atoms with E-state index in [1.54, 1.807) is 19.2 Å². The van der Waals surface area contributed by atoms with Crippen molar-refractivity contribution in [2.24, 2.45) is 0 Å². The predicted octanol–water partition coefficient (Wildman–Crippen LogP) is 4.17. The van der Waals surface area contributed by atoms with E-state index < -0.39 is 10.0 Å². The summed E-state index contributed by atoms with van der Waals surface area (Å²) in [5.41, 5.74) is 2.51. The molecule has 8 heteroatoms. The van der Waals surface area contributed by atoms with Gasteiger partial charge in [0, 0.05) is 11.8 Å². The van der Waals surface area contributed by atoms with Crippen molar-refractivity contribution in [3.05, 3.63) is 60.2 Å². The third-order valence-corrected chi connectivity index (χ3v) is 6.08. The summed E-state index contributed by atoms with van der Waals surface area (Å²) >= 11 is 0. The summed E-state index contributed by atoms with van der Waals surface area (Å²) in [6.07, 6.45) is 3.88. The van der Waals surface area contributed by atoms with Gasteiger partial charge in [0.2, 0.25) is 5.82 Å². The monoisotopic (exact) mass is 412 g/mol. The summed E-state index contributed by atoms with van der Waals surface area (Å²) in [6, 6.07) is 11.1. The van der Waals surface area contributed by atoms with Crippen molar-refractivity contribution >= 4 is 15.8 Å². The number of anilines is 1. The fraction of sp³-hybridized carbons (Fsp3) is 0.286. The third-order valence-electron chi connectivity index (χ3n) is 4.65. The third kappa shape index (κ3) is 4.37. The fourth-order valence-corrected chi connectivity index (χ4v) is 4.48. The average molecular weight is 413 g/mol. The SMILES string of the molecule is CCC(C)c1nccc(-c2ccccc2)c1S(=O)(=O)Nc1ncc(C)nc1OC. The Labute approximate surface area is 171 Å². The van der Waals surface area contributed by atoms with Gasteiger partial charge in [-0.25, -0.2) is 18.4 Å². The predicted molar refractivity (Wildman–Crippen MR) is 113 cm³/mol. The van der Waals surface area contributed by atoms with Crippen LogP contribution >= 0.6 is 0 Å². The van der Waals surface area contributed by atoms with E-state index in [0.717, 1.165) is 12.0 Å². The topological polar surface area (TPSA) is 94.1 Å². The number of hydrogen-bond donors (Lipinski definition) is 1. The van der Waals surface area contributed by atoms with Crippen LogP contribution in [0.2, 0.25) is 0 Å². The lowest BCUT2D eigenvalue weighted by Crippen LogP contribution is -2.19. The molecule has 0 aliphatic carbocycles. The molecule has 0 amide bonds. The Kier molecular flexibility index (Phi) is 6.12. The normalized spacial score (nSPS) is 12.4. The maximum atomic E-state index is 13.5. The van der Waals surface area contributed by atoms with E-state index in [1.165, 1.54) is 13.3 Å². The van der Waals surface area contributed by atoms with Crippen molar-refractivity contribution in [1.29, 1.82) is 0 Å². The minimum Gasteiger partial charge on any atom is -0.478 e. The van der Waals surface area contributed by atoms with Crippen LogP contribution in [0, 0.1) is 6.92 Å². The number of aromatic nitrogens is 3. The zero-order chi connectivity index (χ0) is 21.0. The molecule has 0 radical (unpaired) electrons. The number of ether oxygens (including phenoxy) is 1. The molecule has 0 aliphatic rings. The number of hydrogen-bond acceptors (Lipinski definition) is 6. The number of pyridine rings is 1. The summed E-state index contributed by atoms with van der Waals surface area (Å²) in [5.74, 6) is 0.108. The van der Waals surface area contributed by atoms with Crippen LogP contribution in [0.15, 0.2) is 53.7 Å². The van der Waals surface area contributed by atoms with Gasteiger partial charge in [-0.2, -0.15) is 0 Å². The minimum atomic E-state index is -4.02. The molecule has 29 heavy (non-hydrogen) atoms. The van der Waals surface area contributed by atoms with E-state index in [2.05, 4.69) is 19.7 Å². The first-order chi connectivity index (χ1) is 13.9. The van der Waals surface area contributed by atoms with Gasteiger partial charge in [-0.3, -0.25) is 9.71 Å². The summed E-state index contributed by atoms with van der Waals surface area (Å²) in [6.45, 7) is 5.71. The molecule has 0 saturated heterocycles. The fourth-order valence-electron chi connectivity index (χ4n) is 2.98. The van der Waals surface area contributed by atoms with E-state index in [9.17, 15) is 8.42 Å². The molecule has 0 aliphatic heterocycles. The maximum absolute atomic E-state index is 13.5. The van der Waals surface area contributed by atoms with Crippen molar-refractivity contribution in [2.75, 3.05) is 11.8 Å². The molecule has 7 nitrogen and oxygen atoms in total. The van der Waals surface area contributed by atoms with Crippen molar-refractivity contribution in [3.8, 4) is 17.0 Å². The van der Waals surface area contributed by atoms with Gasteiger partial charge in [-0.1, -0.05) is 44.2 Å². The van der Waals surface area contributed by atoms with Crippen LogP contribution in [0.5, 0.6) is 5.88 Å². The lowest BCUT2D eigenvalue weighted by atomic mass is 9.99. The van der Waals surface area contributed by atoms with Gasteiger partial charge in [0.1, 0.15) is 4.90 Å². The summed E-state index contributed by atoms with van der Waals surface area (Å²) in [7, 11) is -2.60. The maximum Gasteiger partial charge on any atom is 0.265 e. The Bertz CT molecular complexity index is 1100. The minimum absolute atomic E-state index is 0.0380. The molecule has 3 rings (SSSR count). The number of sulfonamides is 1. The highest BCUT2D eigenvalue weighted by molar-refractivity contribution is 7.93. The lowest BCUT2D eigenvalue weighted by Gasteiger charge is -2.19. The van der Waals surface area contributed by atoms with Gasteiger partial charge < -0.3 is 4.74 Å². The highest BCUT2D eigenvalue weighted by atomic mass is 32.2. The molecule has 1 aromatic carbocycles. The van der Waals surface area contributed by atoms with Crippen molar-refractivity contribution in [2.45, 2.75) is 38.0 Å². The summed E-state index contributed by atoms with van der Waals surface area (Å²) < 4.78 is 34.8. The largest absolute Gasteiger partial charge is 0.478 e.